The molecule has 4 rings (SSSR count). The van der Waals surface area contributed by atoms with Crippen LogP contribution in [0.5, 0.6) is 17.2 Å². The quantitative estimate of drug-likeness (QED) is 0.295. The Kier molecular flexibility index (Phi) is 6.60. The normalized spacial score (nSPS) is 11.9. The molecule has 33 heavy (non-hydrogen) atoms. The molecular weight excluding hydrogens is 434 g/mol. The molecule has 0 unspecified atom stereocenters. The summed E-state index contributed by atoms with van der Waals surface area (Å²) in [5, 5.41) is 19.2. The Morgan fingerprint density at radius 2 is 1.94 bits per heavy atom. The van der Waals surface area contributed by atoms with Gasteiger partial charge in [-0.25, -0.2) is 4.68 Å². The minimum atomic E-state index is 0.164. The van der Waals surface area contributed by atoms with Crippen molar-refractivity contribution in [2.45, 2.75) is 6.92 Å². The van der Waals surface area contributed by atoms with Crippen LogP contribution in [-0.2, 0) is 0 Å². The lowest BCUT2D eigenvalue weighted by Gasteiger charge is -2.11. The van der Waals surface area contributed by atoms with Gasteiger partial charge in [0, 0.05) is 22.6 Å². The van der Waals surface area contributed by atoms with Crippen molar-refractivity contribution < 1.29 is 14.6 Å². The minimum Gasteiger partial charge on any atom is -0.507 e. The number of rotatable bonds is 7. The maximum absolute atomic E-state index is 10.5. The number of fused-ring (bicyclic) bond motifs is 1. The van der Waals surface area contributed by atoms with E-state index in [0.29, 0.717) is 28.4 Å². The van der Waals surface area contributed by atoms with E-state index in [1.165, 1.54) is 11.3 Å². The van der Waals surface area contributed by atoms with Gasteiger partial charge in [-0.05, 0) is 35.9 Å². The lowest BCUT2D eigenvalue weighted by molar-refractivity contribution is 0.395. The van der Waals surface area contributed by atoms with Crippen LogP contribution in [0.25, 0.3) is 22.0 Å². The Hall–Kier alpha value is -3.84. The molecule has 6 nitrogen and oxygen atoms in total. The lowest BCUT2D eigenvalue weighted by atomic mass is 10.0. The van der Waals surface area contributed by atoms with Gasteiger partial charge < -0.3 is 14.6 Å². The third kappa shape index (κ3) is 4.68. The second kappa shape index (κ2) is 9.75. The molecule has 0 atom stereocenters. The number of phenols is 1. The Balaban J connectivity index is 1.89. The van der Waals surface area contributed by atoms with Crippen molar-refractivity contribution in [3.8, 4) is 28.5 Å². The summed E-state index contributed by atoms with van der Waals surface area (Å²) in [6.07, 6.45) is 1.67. The van der Waals surface area contributed by atoms with Gasteiger partial charge >= 0.3 is 0 Å². The van der Waals surface area contributed by atoms with Crippen molar-refractivity contribution in [1.82, 2.24) is 4.68 Å². The number of hydrogen-bond acceptors (Lipinski definition) is 6. The second-order valence-corrected chi connectivity index (χ2v) is 8.36. The van der Waals surface area contributed by atoms with E-state index in [-0.39, 0.29) is 5.75 Å². The highest BCUT2D eigenvalue weighted by Crippen LogP contribution is 2.34. The van der Waals surface area contributed by atoms with Crippen molar-refractivity contribution in [2.24, 2.45) is 10.1 Å². The number of aromatic hydroxyl groups is 1. The molecule has 0 aliphatic heterocycles. The van der Waals surface area contributed by atoms with Crippen molar-refractivity contribution in [3.05, 3.63) is 82.5 Å². The largest absolute Gasteiger partial charge is 0.507 e. The molecule has 168 valence electrons. The first-order valence-corrected chi connectivity index (χ1v) is 11.2. The van der Waals surface area contributed by atoms with Crippen molar-refractivity contribution in [2.75, 3.05) is 20.8 Å². The summed E-state index contributed by atoms with van der Waals surface area (Å²) in [5.41, 5.74) is 3.26. The summed E-state index contributed by atoms with van der Waals surface area (Å²) >= 11 is 1.48. The Labute approximate surface area is 196 Å². The number of aromatic nitrogens is 1. The topological polar surface area (TPSA) is 68.3 Å². The fourth-order valence-electron chi connectivity index (χ4n) is 3.45. The summed E-state index contributed by atoms with van der Waals surface area (Å²) in [6, 6.07) is 17.1. The average molecular weight is 460 g/mol. The monoisotopic (exact) mass is 459 g/mol. The summed E-state index contributed by atoms with van der Waals surface area (Å²) in [5.74, 6) is 1.53. The number of nitrogens with zero attached hydrogens (tertiary/aromatic N) is 3. The van der Waals surface area contributed by atoms with Crippen LogP contribution >= 0.6 is 11.3 Å². The Morgan fingerprint density at radius 3 is 2.70 bits per heavy atom. The Bertz CT molecular complexity index is 1420. The zero-order valence-electron chi connectivity index (χ0n) is 18.8. The third-order valence-electron chi connectivity index (χ3n) is 5.10. The van der Waals surface area contributed by atoms with Gasteiger partial charge in [0.25, 0.3) is 0 Å². The van der Waals surface area contributed by atoms with Crippen LogP contribution < -0.4 is 14.3 Å². The molecule has 0 aliphatic carbocycles. The zero-order valence-corrected chi connectivity index (χ0v) is 19.6. The van der Waals surface area contributed by atoms with Gasteiger partial charge in [-0.2, -0.15) is 5.10 Å². The maximum Gasteiger partial charge on any atom is 0.206 e. The van der Waals surface area contributed by atoms with Crippen molar-refractivity contribution >= 4 is 28.3 Å². The van der Waals surface area contributed by atoms with E-state index in [9.17, 15) is 5.11 Å². The van der Waals surface area contributed by atoms with Crippen LogP contribution in [0, 0.1) is 0 Å². The lowest BCUT2D eigenvalue weighted by Crippen LogP contribution is -2.13. The van der Waals surface area contributed by atoms with Gasteiger partial charge in [0.15, 0.2) is 0 Å². The van der Waals surface area contributed by atoms with E-state index < -0.39 is 0 Å². The number of phenolic OH excluding ortho intramolecular Hbond substituents is 1. The highest BCUT2D eigenvalue weighted by Gasteiger charge is 2.14. The van der Waals surface area contributed by atoms with Gasteiger partial charge in [-0.1, -0.05) is 42.5 Å². The summed E-state index contributed by atoms with van der Waals surface area (Å²) in [4.78, 5) is 5.39. The molecule has 4 aromatic rings. The predicted molar refractivity (Wildman–Crippen MR) is 135 cm³/mol. The fraction of sp³-hybridized carbons (Fsp3) is 0.154. The van der Waals surface area contributed by atoms with Crippen molar-refractivity contribution in [1.29, 1.82) is 0 Å². The van der Waals surface area contributed by atoms with Gasteiger partial charge in [-0.15, -0.1) is 11.3 Å². The van der Waals surface area contributed by atoms with Crippen LogP contribution in [0.1, 0.15) is 12.5 Å². The molecule has 0 fully saturated rings. The van der Waals surface area contributed by atoms with Gasteiger partial charge in [0.05, 0.1) is 32.7 Å². The average Bonchev–Trinajstić information content (AvgIpc) is 3.24. The van der Waals surface area contributed by atoms with E-state index in [0.717, 1.165) is 27.6 Å². The molecule has 0 spiro atoms. The smallest absolute Gasteiger partial charge is 0.206 e. The number of benzene rings is 3. The number of thiazole rings is 1. The summed E-state index contributed by atoms with van der Waals surface area (Å²) in [6.45, 7) is 6.38. The van der Waals surface area contributed by atoms with E-state index in [4.69, 9.17) is 14.6 Å². The van der Waals surface area contributed by atoms with Crippen LogP contribution in [0.4, 0.5) is 0 Å². The number of ether oxygens (including phenoxy) is 2. The van der Waals surface area contributed by atoms with Gasteiger partial charge in [-0.3, -0.25) is 4.99 Å². The van der Waals surface area contributed by atoms with E-state index in [1.807, 2.05) is 60.8 Å². The Morgan fingerprint density at radius 1 is 1.12 bits per heavy atom. The van der Waals surface area contributed by atoms with Crippen LogP contribution in [0.3, 0.4) is 0 Å². The zero-order chi connectivity index (χ0) is 23.4. The minimum absolute atomic E-state index is 0.164. The fourth-order valence-corrected chi connectivity index (χ4v) is 4.28. The van der Waals surface area contributed by atoms with Gasteiger partial charge in [0.2, 0.25) is 4.80 Å². The standard InChI is InChI=1S/C26H25N3O3S/c1-17(2)14-27-26-29(23(16-33-26)21-11-10-19(31-3)13-25(21)32-4)28-15-22-20-8-6-5-7-18(20)9-12-24(22)30/h5-13,15-16,30H,1,14H2,2-4H3. The van der Waals surface area contributed by atoms with Crippen LogP contribution in [0.2, 0.25) is 0 Å². The van der Waals surface area contributed by atoms with Crippen molar-refractivity contribution in [3.63, 3.8) is 0 Å². The predicted octanol–water partition coefficient (Wildman–Crippen LogP) is 5.45. The first-order chi connectivity index (χ1) is 16.0. The summed E-state index contributed by atoms with van der Waals surface area (Å²) in [7, 11) is 3.24. The number of hydrogen-bond donors (Lipinski definition) is 1. The van der Waals surface area contributed by atoms with E-state index in [2.05, 4.69) is 11.6 Å². The number of methoxy groups -OCH3 is 2. The SMILES string of the molecule is C=C(C)CN=c1scc(-c2ccc(OC)cc2OC)n1N=Cc1c(O)ccc2ccccc12. The molecule has 1 aromatic heterocycles. The van der Waals surface area contributed by atoms with Gasteiger partial charge in [0.1, 0.15) is 17.2 Å². The molecule has 7 heteroatoms. The molecule has 3 aromatic carbocycles. The highest BCUT2D eigenvalue weighted by atomic mass is 32.1. The molecule has 0 saturated heterocycles. The second-order valence-electron chi connectivity index (χ2n) is 7.52. The molecule has 0 amide bonds. The van der Waals surface area contributed by atoms with Crippen LogP contribution in [-0.4, -0.2) is 36.8 Å². The summed E-state index contributed by atoms with van der Waals surface area (Å²) < 4.78 is 12.7. The molecule has 1 heterocycles. The van der Waals surface area contributed by atoms with E-state index in [1.54, 1.807) is 31.2 Å². The molecule has 1 N–H and O–H groups in total. The molecule has 0 saturated carbocycles. The molecule has 0 aliphatic rings. The molecule has 0 bridgehead atoms. The molecular formula is C26H25N3O3S. The maximum atomic E-state index is 10.5. The molecule has 0 radical (unpaired) electrons. The van der Waals surface area contributed by atoms with E-state index >= 15 is 0 Å². The van der Waals surface area contributed by atoms with Crippen LogP contribution in [0.15, 0.2) is 82.2 Å². The highest BCUT2D eigenvalue weighted by molar-refractivity contribution is 7.07. The third-order valence-corrected chi connectivity index (χ3v) is 5.96. The first kappa shape index (κ1) is 22.4. The first-order valence-electron chi connectivity index (χ1n) is 10.3.